The molecule has 0 aromatic heterocycles. The molecule has 1 aliphatic rings. The van der Waals surface area contributed by atoms with Gasteiger partial charge in [0, 0.05) is 6.04 Å². The molecule has 2 rings (SSSR count). The van der Waals surface area contributed by atoms with Crippen LogP contribution in [0.2, 0.25) is 0 Å². The van der Waals surface area contributed by atoms with Gasteiger partial charge in [-0.05, 0) is 26.5 Å². The normalized spacial score (nSPS) is 34.1. The monoisotopic (exact) mass is 255 g/mol. The van der Waals surface area contributed by atoms with Crippen LogP contribution < -0.4 is 0 Å². The van der Waals surface area contributed by atoms with Crippen molar-refractivity contribution in [3.8, 4) is 0 Å². The Labute approximate surface area is 102 Å². The van der Waals surface area contributed by atoms with Crippen molar-refractivity contribution in [3.05, 3.63) is 35.9 Å². The Morgan fingerprint density at radius 1 is 1.41 bits per heavy atom. The van der Waals surface area contributed by atoms with Crippen LogP contribution in [-0.2, 0) is 13.6 Å². The summed E-state index contributed by atoms with van der Waals surface area (Å²) in [4.78, 5) is 0. The number of hydrogen-bond donors (Lipinski definition) is 0. The fourth-order valence-corrected chi connectivity index (χ4v) is 3.86. The van der Waals surface area contributed by atoms with E-state index in [4.69, 9.17) is 9.05 Å². The standard InChI is InChI=1S/C12H18NO3P/c1-4-15-17(14)13(3)10(2)12(16-17)11-8-6-5-7-9-11/h5-10,12H,4H2,1-3H3/t10-,12-,17?/m1/s1. The van der Waals surface area contributed by atoms with E-state index in [2.05, 4.69) is 0 Å². The number of hydrogen-bond acceptors (Lipinski definition) is 3. The van der Waals surface area contributed by atoms with Crippen LogP contribution in [0.15, 0.2) is 30.3 Å². The van der Waals surface area contributed by atoms with Gasteiger partial charge in [0.05, 0.1) is 6.61 Å². The van der Waals surface area contributed by atoms with Crippen LogP contribution in [0.4, 0.5) is 0 Å². The van der Waals surface area contributed by atoms with E-state index in [1.165, 1.54) is 0 Å². The largest absolute Gasteiger partial charge is 0.408 e. The lowest BCUT2D eigenvalue weighted by Crippen LogP contribution is -2.23. The molecule has 3 atom stereocenters. The lowest BCUT2D eigenvalue weighted by atomic mass is 10.0. The molecule has 1 aromatic carbocycles. The predicted octanol–water partition coefficient (Wildman–Crippen LogP) is 3.22. The molecule has 0 amide bonds. The van der Waals surface area contributed by atoms with Gasteiger partial charge in [0.15, 0.2) is 0 Å². The highest BCUT2D eigenvalue weighted by molar-refractivity contribution is 7.51. The van der Waals surface area contributed by atoms with Crippen LogP contribution >= 0.6 is 7.75 Å². The molecule has 0 radical (unpaired) electrons. The second kappa shape index (κ2) is 4.91. The highest BCUT2D eigenvalue weighted by Gasteiger charge is 2.47. The second-order valence-corrected chi connectivity index (χ2v) is 6.17. The molecule has 1 fully saturated rings. The molecule has 4 nitrogen and oxygen atoms in total. The molecule has 0 spiro atoms. The molecular formula is C12H18NO3P. The minimum Gasteiger partial charge on any atom is -0.297 e. The quantitative estimate of drug-likeness (QED) is 0.777. The van der Waals surface area contributed by atoms with E-state index in [9.17, 15) is 4.57 Å². The van der Waals surface area contributed by atoms with Gasteiger partial charge in [0.25, 0.3) is 0 Å². The summed E-state index contributed by atoms with van der Waals surface area (Å²) in [5.41, 5.74) is 1.03. The molecule has 5 heteroatoms. The highest BCUT2D eigenvalue weighted by Crippen LogP contribution is 2.62. The Morgan fingerprint density at radius 3 is 2.65 bits per heavy atom. The first-order chi connectivity index (χ1) is 8.08. The van der Waals surface area contributed by atoms with E-state index < -0.39 is 7.75 Å². The Morgan fingerprint density at radius 2 is 2.06 bits per heavy atom. The molecule has 0 saturated carbocycles. The fourth-order valence-electron chi connectivity index (χ4n) is 1.99. The van der Waals surface area contributed by atoms with Crippen molar-refractivity contribution in [2.45, 2.75) is 26.0 Å². The molecule has 0 bridgehead atoms. The molecule has 1 unspecified atom stereocenters. The van der Waals surface area contributed by atoms with E-state index in [1.54, 1.807) is 11.7 Å². The molecule has 1 saturated heterocycles. The first kappa shape index (κ1) is 12.8. The number of benzene rings is 1. The van der Waals surface area contributed by atoms with Gasteiger partial charge < -0.3 is 0 Å². The van der Waals surface area contributed by atoms with E-state index in [-0.39, 0.29) is 12.1 Å². The zero-order valence-corrected chi connectivity index (χ0v) is 11.3. The molecule has 1 aliphatic heterocycles. The Balaban J connectivity index is 2.26. The number of nitrogens with zero attached hydrogens (tertiary/aromatic N) is 1. The summed E-state index contributed by atoms with van der Waals surface area (Å²) in [7, 11) is -1.32. The summed E-state index contributed by atoms with van der Waals surface area (Å²) in [6.07, 6.45) is -0.196. The van der Waals surface area contributed by atoms with Crippen molar-refractivity contribution in [2.24, 2.45) is 0 Å². The third-order valence-corrected chi connectivity index (χ3v) is 5.30. The molecule has 94 valence electrons. The summed E-state index contributed by atoms with van der Waals surface area (Å²) in [6, 6.07) is 9.86. The van der Waals surface area contributed by atoms with Crippen molar-refractivity contribution in [2.75, 3.05) is 13.7 Å². The van der Waals surface area contributed by atoms with Crippen LogP contribution in [0.25, 0.3) is 0 Å². The van der Waals surface area contributed by atoms with Gasteiger partial charge >= 0.3 is 7.75 Å². The molecule has 0 N–H and O–H groups in total. The van der Waals surface area contributed by atoms with Gasteiger partial charge in [-0.2, -0.15) is 0 Å². The first-order valence-corrected chi connectivity index (χ1v) is 7.29. The maximum Gasteiger partial charge on any atom is 0.408 e. The van der Waals surface area contributed by atoms with Crippen LogP contribution in [0, 0.1) is 0 Å². The average Bonchev–Trinajstić information content (AvgIpc) is 2.56. The maximum atomic E-state index is 12.4. The number of likely N-dealkylation sites (N-methyl/N-ethyl adjacent to an activating group) is 1. The van der Waals surface area contributed by atoms with Gasteiger partial charge in [0.2, 0.25) is 0 Å². The second-order valence-electron chi connectivity index (χ2n) is 4.14. The van der Waals surface area contributed by atoms with Crippen LogP contribution in [-0.4, -0.2) is 24.4 Å². The van der Waals surface area contributed by atoms with Gasteiger partial charge in [0.1, 0.15) is 6.10 Å². The Kier molecular flexibility index (Phi) is 3.69. The van der Waals surface area contributed by atoms with Crippen molar-refractivity contribution >= 4 is 7.75 Å². The Bertz CT molecular complexity index is 423. The van der Waals surface area contributed by atoms with Gasteiger partial charge in [-0.1, -0.05) is 30.3 Å². The van der Waals surface area contributed by atoms with E-state index in [0.29, 0.717) is 6.61 Å². The van der Waals surface area contributed by atoms with Crippen molar-refractivity contribution in [3.63, 3.8) is 0 Å². The van der Waals surface area contributed by atoms with E-state index in [1.807, 2.05) is 44.2 Å². The van der Waals surface area contributed by atoms with Crippen LogP contribution in [0.1, 0.15) is 25.5 Å². The molecular weight excluding hydrogens is 237 g/mol. The highest BCUT2D eigenvalue weighted by atomic mass is 31.2. The van der Waals surface area contributed by atoms with Crippen molar-refractivity contribution in [1.82, 2.24) is 4.67 Å². The predicted molar refractivity (Wildman–Crippen MR) is 66.7 cm³/mol. The average molecular weight is 255 g/mol. The summed E-state index contributed by atoms with van der Waals surface area (Å²) in [5.74, 6) is 0. The minimum absolute atomic E-state index is 0.0368. The lowest BCUT2D eigenvalue weighted by molar-refractivity contribution is 0.175. The fraction of sp³-hybridized carbons (Fsp3) is 0.500. The van der Waals surface area contributed by atoms with E-state index >= 15 is 0 Å². The third-order valence-electron chi connectivity index (χ3n) is 3.08. The lowest BCUT2D eigenvalue weighted by Gasteiger charge is -2.19. The van der Waals surface area contributed by atoms with Crippen LogP contribution in [0.3, 0.4) is 0 Å². The molecule has 1 heterocycles. The van der Waals surface area contributed by atoms with Crippen LogP contribution in [0.5, 0.6) is 0 Å². The summed E-state index contributed by atoms with van der Waals surface area (Å²) in [5, 5.41) is 0. The molecule has 1 aromatic rings. The topological polar surface area (TPSA) is 38.8 Å². The van der Waals surface area contributed by atoms with Crippen molar-refractivity contribution in [1.29, 1.82) is 0 Å². The zero-order chi connectivity index (χ0) is 12.5. The first-order valence-electron chi connectivity index (χ1n) is 5.79. The summed E-state index contributed by atoms with van der Waals surface area (Å²) >= 11 is 0. The Hall–Kier alpha value is -0.670. The third kappa shape index (κ3) is 2.31. The van der Waals surface area contributed by atoms with E-state index in [0.717, 1.165) is 5.56 Å². The smallest absolute Gasteiger partial charge is 0.297 e. The minimum atomic E-state index is -3.11. The summed E-state index contributed by atoms with van der Waals surface area (Å²) < 4.78 is 25.1. The number of rotatable bonds is 3. The van der Waals surface area contributed by atoms with Gasteiger partial charge in [-0.3, -0.25) is 9.05 Å². The summed E-state index contributed by atoms with van der Waals surface area (Å²) in [6.45, 7) is 4.20. The zero-order valence-electron chi connectivity index (χ0n) is 10.4. The van der Waals surface area contributed by atoms with Crippen molar-refractivity contribution < 1.29 is 13.6 Å². The molecule has 0 aliphatic carbocycles. The van der Waals surface area contributed by atoms with Gasteiger partial charge in [-0.25, -0.2) is 9.24 Å². The molecule has 17 heavy (non-hydrogen) atoms. The van der Waals surface area contributed by atoms with Gasteiger partial charge in [-0.15, -0.1) is 0 Å². The SMILES string of the molecule is CCOP1(=O)O[C@@H](c2ccccc2)[C@@H](C)N1C. The maximum absolute atomic E-state index is 12.4.